The monoisotopic (exact) mass is 564 g/mol. The van der Waals surface area contributed by atoms with Gasteiger partial charge in [0.2, 0.25) is 0 Å². The maximum Gasteiger partial charge on any atom is 0.101 e. The van der Waals surface area contributed by atoms with Crippen molar-refractivity contribution in [1.82, 2.24) is 9.13 Å². The Morgan fingerprint density at radius 1 is 0.500 bits per heavy atom. The number of benzene rings is 6. The van der Waals surface area contributed by atoms with Crippen molar-refractivity contribution >= 4 is 54.4 Å². The number of hydrogen-bond acceptors (Lipinski definition) is 2. The lowest BCUT2D eigenvalue weighted by atomic mass is 9.86. The molecule has 0 saturated heterocycles. The minimum atomic E-state index is -0.0246. The van der Waals surface area contributed by atoms with E-state index < -0.39 is 0 Å². The third-order valence-corrected chi connectivity index (χ3v) is 8.94. The van der Waals surface area contributed by atoms with Gasteiger partial charge >= 0.3 is 0 Å². The summed E-state index contributed by atoms with van der Waals surface area (Å²) in [5, 5.41) is 27.8. The van der Waals surface area contributed by atoms with Gasteiger partial charge in [0.15, 0.2) is 0 Å². The molecule has 208 valence electrons. The summed E-state index contributed by atoms with van der Waals surface area (Å²) in [4.78, 5) is 0. The molecule has 0 unspecified atom stereocenters. The molecular formula is C40H28N4. The summed E-state index contributed by atoms with van der Waals surface area (Å²) >= 11 is 0. The number of para-hydroxylation sites is 2. The van der Waals surface area contributed by atoms with Crippen LogP contribution in [0.25, 0.3) is 65.8 Å². The first-order chi connectivity index (χ1) is 21.4. The third kappa shape index (κ3) is 3.62. The average molecular weight is 565 g/mol. The van der Waals surface area contributed by atoms with Gasteiger partial charge < -0.3 is 9.13 Å². The molecule has 0 amide bonds. The van der Waals surface area contributed by atoms with E-state index in [4.69, 9.17) is 0 Å². The number of fused-ring (bicyclic) bond motifs is 8. The molecule has 0 spiro atoms. The van der Waals surface area contributed by atoms with Crippen LogP contribution in [0.1, 0.15) is 37.5 Å². The van der Waals surface area contributed by atoms with Crippen LogP contribution in [0.15, 0.2) is 115 Å². The van der Waals surface area contributed by atoms with Gasteiger partial charge in [0.25, 0.3) is 0 Å². The first kappa shape index (κ1) is 25.8. The molecule has 0 aliphatic rings. The SMILES string of the molecule is CC(C)(C)c1ccc2c(c1)c1c3ccccc3ccc1n2-c1cc(-n2c3ccccc3c3ccccc32)c(C#N)cc1C#N. The fourth-order valence-corrected chi connectivity index (χ4v) is 6.82. The van der Waals surface area contributed by atoms with E-state index >= 15 is 0 Å². The van der Waals surface area contributed by atoms with Gasteiger partial charge in [0.05, 0.1) is 44.6 Å². The lowest BCUT2D eigenvalue weighted by Gasteiger charge is -2.19. The van der Waals surface area contributed by atoms with E-state index in [1.54, 1.807) is 6.07 Å². The minimum absolute atomic E-state index is 0.0246. The topological polar surface area (TPSA) is 57.4 Å². The number of hydrogen-bond donors (Lipinski definition) is 0. The summed E-state index contributed by atoms with van der Waals surface area (Å²) in [5.74, 6) is 0. The smallest absolute Gasteiger partial charge is 0.101 e. The number of rotatable bonds is 2. The van der Waals surface area contributed by atoms with Gasteiger partial charge in [-0.15, -0.1) is 0 Å². The van der Waals surface area contributed by atoms with Gasteiger partial charge in [-0.1, -0.05) is 93.6 Å². The second-order valence-corrected chi connectivity index (χ2v) is 12.5. The van der Waals surface area contributed by atoms with Crippen molar-refractivity contribution in [2.75, 3.05) is 0 Å². The summed E-state index contributed by atoms with van der Waals surface area (Å²) in [6.45, 7) is 6.70. The van der Waals surface area contributed by atoms with Crippen molar-refractivity contribution in [3.8, 4) is 23.5 Å². The van der Waals surface area contributed by atoms with Crippen molar-refractivity contribution < 1.29 is 0 Å². The number of nitriles is 2. The Kier molecular flexibility index (Phi) is 5.48. The maximum atomic E-state index is 10.5. The highest BCUT2D eigenvalue weighted by molar-refractivity contribution is 6.21. The summed E-state index contributed by atoms with van der Waals surface area (Å²) < 4.78 is 4.37. The fourth-order valence-electron chi connectivity index (χ4n) is 6.82. The van der Waals surface area contributed by atoms with Crippen LogP contribution in [-0.2, 0) is 5.41 Å². The van der Waals surface area contributed by atoms with E-state index in [9.17, 15) is 10.5 Å². The van der Waals surface area contributed by atoms with E-state index in [0.717, 1.165) is 55.0 Å². The summed E-state index contributed by atoms with van der Waals surface area (Å²) in [5.41, 5.74) is 7.73. The molecule has 0 N–H and O–H groups in total. The van der Waals surface area contributed by atoms with E-state index in [0.29, 0.717) is 11.1 Å². The van der Waals surface area contributed by atoms with Crippen molar-refractivity contribution in [2.45, 2.75) is 26.2 Å². The van der Waals surface area contributed by atoms with Crippen LogP contribution in [0.5, 0.6) is 0 Å². The predicted octanol–water partition coefficient (Wildman–Crippen LogP) is 10.1. The average Bonchev–Trinajstić information content (AvgIpc) is 3.56. The van der Waals surface area contributed by atoms with Gasteiger partial charge in [-0.05, 0) is 64.2 Å². The Morgan fingerprint density at radius 2 is 1.02 bits per heavy atom. The Bertz CT molecular complexity index is 2500. The van der Waals surface area contributed by atoms with Crippen molar-refractivity contribution in [3.63, 3.8) is 0 Å². The highest BCUT2D eigenvalue weighted by Gasteiger charge is 2.23. The Hall–Kier alpha value is -5.84. The van der Waals surface area contributed by atoms with Gasteiger partial charge in [0.1, 0.15) is 12.1 Å². The lowest BCUT2D eigenvalue weighted by molar-refractivity contribution is 0.591. The molecule has 0 fully saturated rings. The Morgan fingerprint density at radius 3 is 1.64 bits per heavy atom. The largest absolute Gasteiger partial charge is 0.308 e. The first-order valence-electron chi connectivity index (χ1n) is 14.8. The molecule has 2 aromatic heterocycles. The van der Waals surface area contributed by atoms with Crippen LogP contribution in [0, 0.1) is 22.7 Å². The standard InChI is InChI=1S/C40H28N4/c1-40(2,3)28-17-19-35-32(21-28)39-29-11-5-4-10-25(29)16-18-36(39)44(35)38-22-37(26(23-41)20-27(38)24-42)43-33-14-8-6-12-30(33)31-13-7-9-15-34(31)43/h4-22H,1-3H3. The van der Waals surface area contributed by atoms with E-state index in [1.165, 1.54) is 16.3 Å². The molecule has 44 heavy (non-hydrogen) atoms. The highest BCUT2D eigenvalue weighted by atomic mass is 15.0. The maximum absolute atomic E-state index is 10.5. The van der Waals surface area contributed by atoms with Crippen molar-refractivity contribution in [3.05, 3.63) is 132 Å². The fraction of sp³-hybridized carbons (Fsp3) is 0.100. The second kappa shape index (κ2) is 9.33. The molecular weight excluding hydrogens is 536 g/mol. The molecule has 6 aromatic carbocycles. The molecule has 0 atom stereocenters. The van der Waals surface area contributed by atoms with Gasteiger partial charge in [-0.25, -0.2) is 0 Å². The minimum Gasteiger partial charge on any atom is -0.308 e. The van der Waals surface area contributed by atoms with E-state index in [1.807, 2.05) is 30.3 Å². The first-order valence-corrected chi connectivity index (χ1v) is 14.8. The quantitative estimate of drug-likeness (QED) is 0.210. The number of aromatic nitrogens is 2. The van der Waals surface area contributed by atoms with Crippen LogP contribution >= 0.6 is 0 Å². The molecule has 0 aliphatic heterocycles. The van der Waals surface area contributed by atoms with Crippen LogP contribution in [0.4, 0.5) is 0 Å². The van der Waals surface area contributed by atoms with Crippen LogP contribution in [0.2, 0.25) is 0 Å². The van der Waals surface area contributed by atoms with E-state index in [2.05, 4.69) is 121 Å². The van der Waals surface area contributed by atoms with Gasteiger partial charge in [-0.3, -0.25) is 0 Å². The summed E-state index contributed by atoms with van der Waals surface area (Å²) in [6, 6.07) is 44.7. The predicted molar refractivity (Wildman–Crippen MR) is 181 cm³/mol. The third-order valence-electron chi connectivity index (χ3n) is 8.94. The molecule has 8 rings (SSSR count). The van der Waals surface area contributed by atoms with Crippen molar-refractivity contribution in [2.24, 2.45) is 0 Å². The molecule has 0 radical (unpaired) electrons. The number of nitrogens with zero attached hydrogens (tertiary/aromatic N) is 4. The summed E-state index contributed by atoms with van der Waals surface area (Å²) in [6.07, 6.45) is 0. The van der Waals surface area contributed by atoms with E-state index in [-0.39, 0.29) is 5.41 Å². The van der Waals surface area contributed by atoms with Crippen LogP contribution in [0.3, 0.4) is 0 Å². The zero-order chi connectivity index (χ0) is 30.2. The van der Waals surface area contributed by atoms with Gasteiger partial charge in [-0.2, -0.15) is 10.5 Å². The normalized spacial score (nSPS) is 11.9. The Labute approximate surface area is 255 Å². The lowest BCUT2D eigenvalue weighted by Crippen LogP contribution is -2.10. The Balaban J connectivity index is 1.54. The zero-order valence-corrected chi connectivity index (χ0v) is 24.8. The second-order valence-electron chi connectivity index (χ2n) is 12.5. The molecule has 0 bridgehead atoms. The highest BCUT2D eigenvalue weighted by Crippen LogP contribution is 2.41. The zero-order valence-electron chi connectivity index (χ0n) is 24.8. The van der Waals surface area contributed by atoms with Crippen molar-refractivity contribution in [1.29, 1.82) is 10.5 Å². The van der Waals surface area contributed by atoms with Crippen LogP contribution in [-0.4, -0.2) is 9.13 Å². The summed E-state index contributed by atoms with van der Waals surface area (Å²) in [7, 11) is 0. The molecule has 2 heterocycles. The molecule has 4 nitrogen and oxygen atoms in total. The molecule has 0 saturated carbocycles. The molecule has 0 aliphatic carbocycles. The van der Waals surface area contributed by atoms with Gasteiger partial charge in [0, 0.05) is 21.5 Å². The van der Waals surface area contributed by atoms with Crippen LogP contribution < -0.4 is 0 Å². The molecule has 4 heteroatoms. The molecule has 8 aromatic rings.